The fraction of sp³-hybridized carbons (Fsp3) is 0.556. The minimum Gasteiger partial charge on any atom is -0.444 e. The summed E-state index contributed by atoms with van der Waals surface area (Å²) in [4.78, 5) is 28.0. The molecule has 2 rings (SSSR count). The average molecular weight is 431 g/mol. The maximum absolute atomic E-state index is 14.0. The van der Waals surface area contributed by atoms with Crippen LogP contribution >= 0.6 is 15.9 Å². The van der Waals surface area contributed by atoms with Gasteiger partial charge in [0, 0.05) is 30.2 Å². The Labute approximate surface area is 161 Å². The van der Waals surface area contributed by atoms with Crippen molar-refractivity contribution in [2.75, 3.05) is 26.8 Å². The zero-order valence-corrected chi connectivity index (χ0v) is 17.0. The van der Waals surface area contributed by atoms with Gasteiger partial charge in [-0.25, -0.2) is 9.18 Å². The lowest BCUT2D eigenvalue weighted by Gasteiger charge is -2.37. The van der Waals surface area contributed by atoms with Crippen molar-refractivity contribution in [2.24, 2.45) is 0 Å². The molecule has 0 aliphatic carbocycles. The van der Waals surface area contributed by atoms with Gasteiger partial charge in [-0.2, -0.15) is 0 Å². The van der Waals surface area contributed by atoms with Crippen molar-refractivity contribution in [1.82, 2.24) is 9.80 Å². The molecule has 1 aliphatic heterocycles. The Morgan fingerprint density at radius 2 is 2.12 bits per heavy atom. The van der Waals surface area contributed by atoms with E-state index in [-0.39, 0.29) is 25.6 Å². The van der Waals surface area contributed by atoms with Crippen LogP contribution in [0.2, 0.25) is 0 Å². The number of carbonyl (C=O) groups excluding carboxylic acids is 2. The number of nitrogens with zero attached hydrogens (tertiary/aromatic N) is 2. The molecule has 1 aliphatic rings. The molecule has 1 heterocycles. The van der Waals surface area contributed by atoms with Crippen LogP contribution in [0.25, 0.3) is 0 Å². The van der Waals surface area contributed by atoms with Crippen molar-refractivity contribution >= 4 is 27.9 Å². The molecule has 26 heavy (non-hydrogen) atoms. The quantitative estimate of drug-likeness (QED) is 0.738. The highest BCUT2D eigenvalue weighted by Crippen LogP contribution is 2.19. The van der Waals surface area contributed by atoms with Gasteiger partial charge in [0.1, 0.15) is 17.5 Å². The number of carbonyl (C=O) groups is 2. The summed E-state index contributed by atoms with van der Waals surface area (Å²) >= 11 is 3.30. The lowest BCUT2D eigenvalue weighted by Crippen LogP contribution is -2.56. The zero-order chi connectivity index (χ0) is 19.5. The van der Waals surface area contributed by atoms with Gasteiger partial charge in [0.15, 0.2) is 0 Å². The fourth-order valence-corrected chi connectivity index (χ4v) is 3.01. The SMILES string of the molecule is CN(Cc1cc(Br)ccc1F)C(=O)[C@H]1COCCN1C(=O)OC(C)(C)C. The Morgan fingerprint density at radius 3 is 2.77 bits per heavy atom. The summed E-state index contributed by atoms with van der Waals surface area (Å²) in [6, 6.07) is 3.77. The van der Waals surface area contributed by atoms with Crippen LogP contribution in [0.4, 0.5) is 9.18 Å². The van der Waals surface area contributed by atoms with Crippen LogP contribution in [0.3, 0.4) is 0 Å². The first-order chi connectivity index (χ1) is 12.1. The smallest absolute Gasteiger partial charge is 0.411 e. The van der Waals surface area contributed by atoms with E-state index in [0.29, 0.717) is 12.2 Å². The van der Waals surface area contributed by atoms with Gasteiger partial charge < -0.3 is 14.4 Å². The van der Waals surface area contributed by atoms with Crippen LogP contribution in [-0.4, -0.2) is 60.2 Å². The Bertz CT molecular complexity index is 678. The van der Waals surface area contributed by atoms with Crippen LogP contribution in [0.5, 0.6) is 0 Å². The van der Waals surface area contributed by atoms with Gasteiger partial charge in [-0.3, -0.25) is 9.69 Å². The van der Waals surface area contributed by atoms with Gasteiger partial charge in [0.05, 0.1) is 13.2 Å². The van der Waals surface area contributed by atoms with Crippen LogP contribution in [0.1, 0.15) is 26.3 Å². The minimum atomic E-state index is -0.793. The van der Waals surface area contributed by atoms with Crippen LogP contribution in [0, 0.1) is 5.82 Å². The molecular weight excluding hydrogens is 407 g/mol. The topological polar surface area (TPSA) is 59.1 Å². The Hall–Kier alpha value is -1.67. The summed E-state index contributed by atoms with van der Waals surface area (Å²) in [6.07, 6.45) is -0.554. The Kier molecular flexibility index (Phi) is 6.63. The highest BCUT2D eigenvalue weighted by Gasteiger charge is 2.37. The van der Waals surface area contributed by atoms with Crippen LogP contribution in [0.15, 0.2) is 22.7 Å². The molecule has 0 radical (unpaired) electrons. The van der Waals surface area contributed by atoms with Crippen molar-refractivity contribution < 1.29 is 23.5 Å². The predicted molar refractivity (Wildman–Crippen MR) is 98.1 cm³/mol. The molecule has 1 aromatic rings. The van der Waals surface area contributed by atoms with E-state index >= 15 is 0 Å². The first kappa shape index (κ1) is 20.6. The molecule has 8 heteroatoms. The third-order valence-corrected chi connectivity index (χ3v) is 4.33. The molecule has 1 atom stereocenters. The predicted octanol–water partition coefficient (Wildman–Crippen LogP) is 3.18. The van der Waals surface area contributed by atoms with Crippen LogP contribution in [-0.2, 0) is 20.8 Å². The monoisotopic (exact) mass is 430 g/mol. The van der Waals surface area contributed by atoms with E-state index in [2.05, 4.69) is 15.9 Å². The number of amides is 2. The van der Waals surface area contributed by atoms with Gasteiger partial charge in [-0.1, -0.05) is 15.9 Å². The maximum Gasteiger partial charge on any atom is 0.411 e. The largest absolute Gasteiger partial charge is 0.444 e. The summed E-state index contributed by atoms with van der Waals surface area (Å²) in [7, 11) is 1.57. The normalized spacial score (nSPS) is 17.8. The number of benzene rings is 1. The first-order valence-electron chi connectivity index (χ1n) is 8.35. The molecule has 6 nitrogen and oxygen atoms in total. The summed E-state index contributed by atoms with van der Waals surface area (Å²) in [5.41, 5.74) is -0.273. The molecule has 0 spiro atoms. The second-order valence-electron chi connectivity index (χ2n) is 7.19. The minimum absolute atomic E-state index is 0.0861. The van der Waals surface area contributed by atoms with E-state index in [1.165, 1.54) is 15.9 Å². The molecule has 0 N–H and O–H groups in total. The molecule has 1 aromatic carbocycles. The molecule has 144 valence electrons. The number of likely N-dealkylation sites (N-methyl/N-ethyl adjacent to an activating group) is 1. The van der Waals surface area contributed by atoms with Gasteiger partial charge >= 0.3 is 6.09 Å². The average Bonchev–Trinajstić information content (AvgIpc) is 2.56. The zero-order valence-electron chi connectivity index (χ0n) is 15.4. The number of halogens is 2. The fourth-order valence-electron chi connectivity index (χ4n) is 2.60. The van der Waals surface area contributed by atoms with E-state index in [9.17, 15) is 14.0 Å². The van der Waals surface area contributed by atoms with E-state index in [1.54, 1.807) is 40.0 Å². The second-order valence-corrected chi connectivity index (χ2v) is 8.11. The number of rotatable bonds is 3. The third-order valence-electron chi connectivity index (χ3n) is 3.83. The van der Waals surface area contributed by atoms with Gasteiger partial charge in [-0.05, 0) is 39.0 Å². The first-order valence-corrected chi connectivity index (χ1v) is 9.14. The van der Waals surface area contributed by atoms with Gasteiger partial charge in [0.25, 0.3) is 0 Å². The Morgan fingerprint density at radius 1 is 1.42 bits per heavy atom. The molecule has 0 aromatic heterocycles. The van der Waals surface area contributed by atoms with E-state index in [4.69, 9.17) is 9.47 Å². The Balaban J connectivity index is 2.11. The summed E-state index contributed by atoms with van der Waals surface area (Å²) in [5, 5.41) is 0. The van der Waals surface area contributed by atoms with Crippen molar-refractivity contribution in [3.63, 3.8) is 0 Å². The third kappa shape index (κ3) is 5.41. The van der Waals surface area contributed by atoms with Crippen molar-refractivity contribution in [2.45, 2.75) is 39.0 Å². The number of hydrogen-bond donors (Lipinski definition) is 0. The van der Waals surface area contributed by atoms with Crippen molar-refractivity contribution in [3.8, 4) is 0 Å². The summed E-state index contributed by atoms with van der Waals surface area (Å²) in [5.74, 6) is -0.716. The summed E-state index contributed by atoms with van der Waals surface area (Å²) < 4.78 is 25.4. The van der Waals surface area contributed by atoms with Crippen molar-refractivity contribution in [1.29, 1.82) is 0 Å². The molecule has 0 unspecified atom stereocenters. The highest BCUT2D eigenvalue weighted by molar-refractivity contribution is 9.10. The molecular formula is C18H24BrFN2O4. The molecule has 1 saturated heterocycles. The van der Waals surface area contributed by atoms with Crippen LogP contribution < -0.4 is 0 Å². The number of hydrogen-bond acceptors (Lipinski definition) is 4. The lowest BCUT2D eigenvalue weighted by atomic mass is 10.1. The van der Waals surface area contributed by atoms with E-state index in [0.717, 1.165) is 4.47 Å². The van der Waals surface area contributed by atoms with Gasteiger partial charge in [0.2, 0.25) is 5.91 Å². The molecule has 2 amide bonds. The van der Waals surface area contributed by atoms with E-state index < -0.39 is 23.6 Å². The maximum atomic E-state index is 14.0. The van der Waals surface area contributed by atoms with E-state index in [1.807, 2.05) is 0 Å². The van der Waals surface area contributed by atoms with Gasteiger partial charge in [-0.15, -0.1) is 0 Å². The second kappa shape index (κ2) is 8.35. The molecule has 1 fully saturated rings. The van der Waals surface area contributed by atoms with Crippen molar-refractivity contribution in [3.05, 3.63) is 34.1 Å². The number of morpholine rings is 1. The standard InChI is InChI=1S/C18H24BrFN2O4/c1-18(2,3)26-17(24)22-7-8-25-11-15(22)16(23)21(4)10-12-9-13(19)5-6-14(12)20/h5-6,9,15H,7-8,10-11H2,1-4H3/t15-/m1/s1. The molecule has 0 saturated carbocycles. The lowest BCUT2D eigenvalue weighted by molar-refractivity contribution is -0.142. The highest BCUT2D eigenvalue weighted by atomic mass is 79.9. The summed E-state index contributed by atoms with van der Waals surface area (Å²) in [6.45, 7) is 6.09. The molecule has 0 bridgehead atoms. The number of ether oxygens (including phenoxy) is 2.